The van der Waals surface area contributed by atoms with E-state index < -0.39 is 11.9 Å². The molecule has 22 heavy (non-hydrogen) atoms. The highest BCUT2D eigenvalue weighted by molar-refractivity contribution is 7.09. The first-order valence-electron chi connectivity index (χ1n) is 6.80. The highest BCUT2D eigenvalue weighted by atomic mass is 32.1. The minimum Gasteiger partial charge on any atom is -0.487 e. The van der Waals surface area contributed by atoms with E-state index in [1.54, 1.807) is 29.5 Å². The van der Waals surface area contributed by atoms with Crippen molar-refractivity contribution in [3.05, 3.63) is 51.7 Å². The van der Waals surface area contributed by atoms with E-state index in [1.807, 2.05) is 17.5 Å². The van der Waals surface area contributed by atoms with Gasteiger partial charge in [0, 0.05) is 11.3 Å². The number of carbonyl (C=O) groups is 2. The van der Waals surface area contributed by atoms with Gasteiger partial charge < -0.3 is 14.9 Å². The lowest BCUT2D eigenvalue weighted by Crippen LogP contribution is -2.07. The number of benzene rings is 1. The molecule has 0 aliphatic heterocycles. The molecule has 0 spiro atoms. The molecule has 0 bridgehead atoms. The van der Waals surface area contributed by atoms with Gasteiger partial charge in [0.15, 0.2) is 0 Å². The van der Waals surface area contributed by atoms with Crippen molar-refractivity contribution in [2.45, 2.75) is 25.9 Å². The summed E-state index contributed by atoms with van der Waals surface area (Å²) in [6.45, 7) is 0.316. The average molecular weight is 320 g/mol. The first-order valence-corrected chi connectivity index (χ1v) is 7.68. The number of aryl methyl sites for hydroxylation is 1. The normalized spacial score (nSPS) is 10.4. The van der Waals surface area contributed by atoms with Crippen molar-refractivity contribution in [3.8, 4) is 5.75 Å². The number of carboxylic acid groups (broad SMARTS) is 2. The molecule has 2 rings (SSSR count). The van der Waals surface area contributed by atoms with Crippen molar-refractivity contribution >= 4 is 23.3 Å². The number of ether oxygens (including phenoxy) is 1. The maximum Gasteiger partial charge on any atom is 0.339 e. The fourth-order valence-electron chi connectivity index (χ4n) is 2.12. The zero-order valence-corrected chi connectivity index (χ0v) is 12.6. The minimum atomic E-state index is -1.06. The van der Waals surface area contributed by atoms with Gasteiger partial charge in [0.1, 0.15) is 17.9 Å². The Bertz CT molecular complexity index is 649. The smallest absolute Gasteiger partial charge is 0.339 e. The van der Waals surface area contributed by atoms with Crippen molar-refractivity contribution in [2.24, 2.45) is 0 Å². The van der Waals surface area contributed by atoms with Crippen molar-refractivity contribution in [3.63, 3.8) is 0 Å². The second-order valence-electron chi connectivity index (χ2n) is 4.71. The van der Waals surface area contributed by atoms with Crippen LogP contribution in [-0.4, -0.2) is 22.2 Å². The summed E-state index contributed by atoms with van der Waals surface area (Å²) in [5.41, 5.74) is 0.710. The van der Waals surface area contributed by atoms with Crippen LogP contribution >= 0.6 is 11.3 Å². The molecule has 2 N–H and O–H groups in total. The van der Waals surface area contributed by atoms with Gasteiger partial charge in [-0.15, -0.1) is 11.3 Å². The number of carboxylic acids is 2. The molecular weight excluding hydrogens is 304 g/mol. The molecule has 1 aromatic heterocycles. The summed E-state index contributed by atoms with van der Waals surface area (Å²) >= 11 is 1.54. The van der Waals surface area contributed by atoms with Crippen molar-refractivity contribution < 1.29 is 24.5 Å². The number of aromatic carboxylic acids is 1. The topological polar surface area (TPSA) is 83.8 Å². The summed E-state index contributed by atoms with van der Waals surface area (Å²) in [6.07, 6.45) is 0.799. The van der Waals surface area contributed by atoms with E-state index in [0.29, 0.717) is 30.8 Å². The summed E-state index contributed by atoms with van der Waals surface area (Å²) in [5, 5.41) is 20.0. The fourth-order valence-corrected chi connectivity index (χ4v) is 2.74. The van der Waals surface area contributed by atoms with Crippen LogP contribution in [-0.2, 0) is 17.8 Å². The van der Waals surface area contributed by atoms with E-state index in [0.717, 1.165) is 4.88 Å². The largest absolute Gasteiger partial charge is 0.487 e. The zero-order valence-electron chi connectivity index (χ0n) is 11.8. The predicted octanol–water partition coefficient (Wildman–Crippen LogP) is 3.43. The molecule has 5 nitrogen and oxygen atoms in total. The molecule has 0 fully saturated rings. The fraction of sp³-hybridized carbons (Fsp3) is 0.250. The second kappa shape index (κ2) is 7.61. The Hall–Kier alpha value is -2.34. The summed E-state index contributed by atoms with van der Waals surface area (Å²) in [4.78, 5) is 23.1. The monoisotopic (exact) mass is 320 g/mol. The van der Waals surface area contributed by atoms with Gasteiger partial charge in [-0.2, -0.15) is 0 Å². The molecule has 2 aromatic rings. The number of rotatable bonds is 8. The zero-order chi connectivity index (χ0) is 15.9. The Kier molecular flexibility index (Phi) is 5.55. The number of hydrogen-bond acceptors (Lipinski definition) is 4. The van der Waals surface area contributed by atoms with Crippen molar-refractivity contribution in [1.82, 2.24) is 0 Å². The van der Waals surface area contributed by atoms with E-state index in [1.165, 1.54) is 0 Å². The maximum atomic E-state index is 11.5. The van der Waals surface area contributed by atoms with Gasteiger partial charge in [-0.05, 0) is 35.9 Å². The standard InChI is InChI=1S/C16H16O5S/c17-14(18)8-2-5-11-4-1-7-13(15(11)16(19)20)21-10-12-6-3-9-22-12/h1,3-4,6-7,9H,2,5,8,10H2,(H,17,18)(H,19,20). The Balaban J connectivity index is 2.14. The summed E-state index contributed by atoms with van der Waals surface area (Å²) in [6, 6.07) is 8.87. The minimum absolute atomic E-state index is 0.0132. The molecule has 0 aliphatic rings. The molecule has 0 amide bonds. The molecular formula is C16H16O5S. The lowest BCUT2D eigenvalue weighted by Gasteiger charge is -2.12. The van der Waals surface area contributed by atoms with E-state index >= 15 is 0 Å². The Labute approximate surface area is 131 Å². The van der Waals surface area contributed by atoms with Crippen LogP contribution in [0.1, 0.15) is 33.6 Å². The Morgan fingerprint density at radius 3 is 2.59 bits per heavy atom. The number of hydrogen-bond donors (Lipinski definition) is 2. The molecule has 0 saturated heterocycles. The van der Waals surface area contributed by atoms with E-state index in [4.69, 9.17) is 9.84 Å². The molecule has 0 radical (unpaired) electrons. The van der Waals surface area contributed by atoms with Gasteiger partial charge in [0.05, 0.1) is 0 Å². The molecule has 0 aliphatic carbocycles. The van der Waals surface area contributed by atoms with Crippen LogP contribution in [0.25, 0.3) is 0 Å². The Morgan fingerprint density at radius 1 is 1.14 bits per heavy atom. The predicted molar refractivity (Wildman–Crippen MR) is 82.6 cm³/mol. The van der Waals surface area contributed by atoms with Gasteiger partial charge in [-0.1, -0.05) is 18.2 Å². The van der Waals surface area contributed by atoms with Crippen LogP contribution < -0.4 is 4.74 Å². The molecule has 1 heterocycles. The van der Waals surface area contributed by atoms with Crippen LogP contribution in [0, 0.1) is 0 Å². The molecule has 116 valence electrons. The summed E-state index contributed by atoms with van der Waals surface area (Å²) in [5.74, 6) is -1.64. The van der Waals surface area contributed by atoms with Gasteiger partial charge in [-0.3, -0.25) is 4.79 Å². The van der Waals surface area contributed by atoms with Crippen molar-refractivity contribution in [2.75, 3.05) is 0 Å². The molecule has 0 saturated carbocycles. The second-order valence-corrected chi connectivity index (χ2v) is 5.74. The van der Waals surface area contributed by atoms with E-state index in [-0.39, 0.29) is 12.0 Å². The van der Waals surface area contributed by atoms with Crippen LogP contribution in [0.15, 0.2) is 35.7 Å². The summed E-state index contributed by atoms with van der Waals surface area (Å²) in [7, 11) is 0. The lowest BCUT2D eigenvalue weighted by molar-refractivity contribution is -0.137. The van der Waals surface area contributed by atoms with Crippen LogP contribution in [0.5, 0.6) is 5.75 Å². The van der Waals surface area contributed by atoms with Crippen molar-refractivity contribution in [1.29, 1.82) is 0 Å². The quantitative estimate of drug-likeness (QED) is 0.778. The van der Waals surface area contributed by atoms with Crippen LogP contribution in [0.2, 0.25) is 0 Å². The van der Waals surface area contributed by atoms with E-state index in [9.17, 15) is 14.7 Å². The van der Waals surface area contributed by atoms with E-state index in [2.05, 4.69) is 0 Å². The molecule has 0 atom stereocenters. The third-order valence-corrected chi connectivity index (χ3v) is 3.96. The third kappa shape index (κ3) is 4.33. The number of aliphatic carboxylic acids is 1. The SMILES string of the molecule is O=C(O)CCCc1cccc(OCc2cccs2)c1C(=O)O. The van der Waals surface area contributed by atoms with Crippen LogP contribution in [0.3, 0.4) is 0 Å². The van der Waals surface area contributed by atoms with Crippen LogP contribution in [0.4, 0.5) is 0 Å². The first kappa shape index (κ1) is 16.0. The van der Waals surface area contributed by atoms with Gasteiger partial charge in [-0.25, -0.2) is 4.79 Å². The average Bonchev–Trinajstić information content (AvgIpc) is 2.97. The molecule has 6 heteroatoms. The summed E-state index contributed by atoms with van der Waals surface area (Å²) < 4.78 is 5.62. The Morgan fingerprint density at radius 2 is 1.95 bits per heavy atom. The third-order valence-electron chi connectivity index (χ3n) is 3.11. The highest BCUT2D eigenvalue weighted by Crippen LogP contribution is 2.25. The first-order chi connectivity index (χ1) is 10.6. The lowest BCUT2D eigenvalue weighted by atomic mass is 10.0. The number of thiophene rings is 1. The van der Waals surface area contributed by atoms with Gasteiger partial charge in [0.2, 0.25) is 0 Å². The maximum absolute atomic E-state index is 11.5. The van der Waals surface area contributed by atoms with Gasteiger partial charge >= 0.3 is 11.9 Å². The molecule has 1 aromatic carbocycles. The highest BCUT2D eigenvalue weighted by Gasteiger charge is 2.17. The molecule has 0 unspecified atom stereocenters. The van der Waals surface area contributed by atoms with Gasteiger partial charge in [0.25, 0.3) is 0 Å².